The number of piperidine rings is 1. The minimum atomic E-state index is -0.468. The lowest BCUT2D eigenvalue weighted by molar-refractivity contribution is -0.115. The molecule has 4 heterocycles. The average molecular weight is 358 g/mol. The molecule has 2 aromatic heterocycles. The van der Waals surface area contributed by atoms with E-state index in [1.165, 1.54) is 11.3 Å². The zero-order chi connectivity index (χ0) is 17.1. The second-order valence-corrected chi connectivity index (χ2v) is 6.94. The van der Waals surface area contributed by atoms with Crippen molar-refractivity contribution >= 4 is 28.9 Å². The molecule has 1 saturated heterocycles. The second-order valence-electron chi connectivity index (χ2n) is 6.23. The number of amides is 1. The Kier molecular flexibility index (Phi) is 4.31. The van der Waals surface area contributed by atoms with Crippen LogP contribution in [0.2, 0.25) is 0 Å². The molecule has 8 nitrogen and oxygen atoms in total. The minimum Gasteiger partial charge on any atom is -0.386 e. The van der Waals surface area contributed by atoms with E-state index in [4.69, 9.17) is 4.84 Å². The zero-order valence-corrected chi connectivity index (χ0v) is 14.4. The van der Waals surface area contributed by atoms with E-state index in [1.807, 2.05) is 5.38 Å². The SMILES string of the molecule is O=C(NCc1cscn1)C1=NO[C@@]2(CCCN(c3ncccn3)C2)C1. The first-order chi connectivity index (χ1) is 12.2. The van der Waals surface area contributed by atoms with Gasteiger partial charge in [-0.3, -0.25) is 4.79 Å². The number of hydrogen-bond donors (Lipinski definition) is 1. The van der Waals surface area contributed by atoms with E-state index >= 15 is 0 Å². The summed E-state index contributed by atoms with van der Waals surface area (Å²) in [5.41, 5.74) is 2.56. The highest BCUT2D eigenvalue weighted by Crippen LogP contribution is 2.34. The van der Waals surface area contributed by atoms with Crippen LogP contribution >= 0.6 is 11.3 Å². The highest BCUT2D eigenvalue weighted by molar-refractivity contribution is 7.07. The van der Waals surface area contributed by atoms with Gasteiger partial charge < -0.3 is 15.1 Å². The Morgan fingerprint density at radius 2 is 2.24 bits per heavy atom. The number of anilines is 1. The highest BCUT2D eigenvalue weighted by atomic mass is 32.1. The van der Waals surface area contributed by atoms with Crippen molar-refractivity contribution < 1.29 is 9.63 Å². The molecule has 2 aromatic rings. The van der Waals surface area contributed by atoms with Crippen LogP contribution in [-0.4, -0.2) is 45.3 Å². The van der Waals surface area contributed by atoms with E-state index in [9.17, 15) is 4.79 Å². The maximum absolute atomic E-state index is 12.3. The molecule has 1 atom stereocenters. The number of nitrogens with one attached hydrogen (secondary N) is 1. The number of carbonyl (C=O) groups is 1. The number of nitrogens with zero attached hydrogens (tertiary/aromatic N) is 5. The molecule has 9 heteroatoms. The summed E-state index contributed by atoms with van der Waals surface area (Å²) in [4.78, 5) is 32.9. The molecule has 0 aliphatic carbocycles. The molecule has 0 aromatic carbocycles. The van der Waals surface area contributed by atoms with Gasteiger partial charge in [0.2, 0.25) is 5.95 Å². The first-order valence-corrected chi connectivity index (χ1v) is 9.11. The van der Waals surface area contributed by atoms with Crippen molar-refractivity contribution in [2.45, 2.75) is 31.4 Å². The molecule has 1 amide bonds. The number of thiazole rings is 1. The molecular formula is C16H18N6O2S. The molecule has 25 heavy (non-hydrogen) atoms. The van der Waals surface area contributed by atoms with Gasteiger partial charge in [-0.25, -0.2) is 15.0 Å². The van der Waals surface area contributed by atoms with E-state index in [2.05, 4.69) is 30.3 Å². The lowest BCUT2D eigenvalue weighted by atomic mass is 9.88. The van der Waals surface area contributed by atoms with Crippen molar-refractivity contribution in [3.63, 3.8) is 0 Å². The summed E-state index contributed by atoms with van der Waals surface area (Å²) < 4.78 is 0. The standard InChI is InChI=1S/C16H18N6O2S/c23-14(19-8-12-9-25-11-20-12)13-7-16(24-21-13)3-1-6-22(10-16)15-17-4-2-5-18-15/h2,4-5,9,11H,1,3,6-8,10H2,(H,19,23)/t16-/m0/s1. The van der Waals surface area contributed by atoms with Crippen LogP contribution in [0.3, 0.4) is 0 Å². The molecule has 0 radical (unpaired) electrons. The van der Waals surface area contributed by atoms with Gasteiger partial charge in [0, 0.05) is 30.7 Å². The van der Waals surface area contributed by atoms with Crippen LogP contribution in [0.4, 0.5) is 5.95 Å². The first kappa shape index (κ1) is 15.9. The van der Waals surface area contributed by atoms with Gasteiger partial charge in [-0.1, -0.05) is 5.16 Å². The van der Waals surface area contributed by atoms with E-state index in [1.54, 1.807) is 24.0 Å². The summed E-state index contributed by atoms with van der Waals surface area (Å²) in [6, 6.07) is 1.79. The van der Waals surface area contributed by atoms with E-state index in [0.29, 0.717) is 31.2 Å². The monoisotopic (exact) mass is 358 g/mol. The molecule has 1 N–H and O–H groups in total. The third kappa shape index (κ3) is 3.46. The Balaban J connectivity index is 1.37. The Labute approximate surface area is 148 Å². The number of carbonyl (C=O) groups excluding carboxylic acids is 1. The predicted octanol–water partition coefficient (Wildman–Crippen LogP) is 1.36. The van der Waals surface area contributed by atoms with Crippen molar-refractivity contribution in [1.29, 1.82) is 0 Å². The van der Waals surface area contributed by atoms with Crippen molar-refractivity contribution in [1.82, 2.24) is 20.3 Å². The van der Waals surface area contributed by atoms with Gasteiger partial charge in [-0.15, -0.1) is 11.3 Å². The maximum atomic E-state index is 12.3. The number of rotatable bonds is 4. The van der Waals surface area contributed by atoms with Crippen LogP contribution in [0.5, 0.6) is 0 Å². The van der Waals surface area contributed by atoms with Crippen LogP contribution in [-0.2, 0) is 16.2 Å². The Morgan fingerprint density at radius 3 is 3.04 bits per heavy atom. The molecule has 1 spiro atoms. The van der Waals surface area contributed by atoms with Crippen molar-refractivity contribution in [2.24, 2.45) is 5.16 Å². The summed E-state index contributed by atoms with van der Waals surface area (Å²) in [6.45, 7) is 1.90. The van der Waals surface area contributed by atoms with Gasteiger partial charge >= 0.3 is 0 Å². The van der Waals surface area contributed by atoms with Gasteiger partial charge in [0.1, 0.15) is 5.71 Å². The Hall–Kier alpha value is -2.55. The Bertz CT molecular complexity index is 766. The molecule has 4 rings (SSSR count). The van der Waals surface area contributed by atoms with E-state index < -0.39 is 5.60 Å². The number of oxime groups is 1. The van der Waals surface area contributed by atoms with Crippen LogP contribution < -0.4 is 10.2 Å². The van der Waals surface area contributed by atoms with Gasteiger partial charge in [0.05, 0.1) is 24.3 Å². The highest BCUT2D eigenvalue weighted by Gasteiger charge is 2.45. The fourth-order valence-corrected chi connectivity index (χ4v) is 3.74. The quantitative estimate of drug-likeness (QED) is 0.887. The van der Waals surface area contributed by atoms with Crippen LogP contribution in [0, 0.1) is 0 Å². The summed E-state index contributed by atoms with van der Waals surface area (Å²) in [5, 5.41) is 8.82. The molecule has 130 valence electrons. The predicted molar refractivity (Wildman–Crippen MR) is 93.3 cm³/mol. The van der Waals surface area contributed by atoms with Gasteiger partial charge in [0.25, 0.3) is 5.91 Å². The lowest BCUT2D eigenvalue weighted by Gasteiger charge is -2.38. The van der Waals surface area contributed by atoms with Crippen molar-refractivity contribution in [3.05, 3.63) is 35.0 Å². The van der Waals surface area contributed by atoms with E-state index in [-0.39, 0.29) is 5.91 Å². The third-order valence-electron chi connectivity index (χ3n) is 4.39. The van der Waals surface area contributed by atoms with Gasteiger partial charge in [0.15, 0.2) is 5.60 Å². The topological polar surface area (TPSA) is 92.6 Å². The van der Waals surface area contributed by atoms with Crippen molar-refractivity contribution in [2.75, 3.05) is 18.0 Å². The smallest absolute Gasteiger partial charge is 0.269 e. The minimum absolute atomic E-state index is 0.196. The molecular weight excluding hydrogens is 340 g/mol. The summed E-state index contributed by atoms with van der Waals surface area (Å²) in [5.74, 6) is 0.490. The number of hydrogen-bond acceptors (Lipinski definition) is 8. The van der Waals surface area contributed by atoms with Crippen LogP contribution in [0.15, 0.2) is 34.5 Å². The molecule has 1 fully saturated rings. The maximum Gasteiger partial charge on any atom is 0.269 e. The summed E-state index contributed by atoms with van der Waals surface area (Å²) in [6.07, 6.45) is 5.77. The van der Waals surface area contributed by atoms with E-state index in [0.717, 1.165) is 25.1 Å². The fraction of sp³-hybridized carbons (Fsp3) is 0.438. The van der Waals surface area contributed by atoms with Crippen LogP contribution in [0.1, 0.15) is 25.0 Å². The first-order valence-electron chi connectivity index (χ1n) is 8.16. The fourth-order valence-electron chi connectivity index (χ4n) is 3.18. The molecule has 2 aliphatic rings. The molecule has 0 saturated carbocycles. The second kappa shape index (κ2) is 6.75. The molecule has 0 bridgehead atoms. The zero-order valence-electron chi connectivity index (χ0n) is 13.6. The Morgan fingerprint density at radius 1 is 1.36 bits per heavy atom. The van der Waals surface area contributed by atoms with Gasteiger partial charge in [-0.05, 0) is 18.9 Å². The largest absolute Gasteiger partial charge is 0.386 e. The van der Waals surface area contributed by atoms with Crippen molar-refractivity contribution in [3.8, 4) is 0 Å². The summed E-state index contributed by atoms with van der Waals surface area (Å²) >= 11 is 1.50. The molecule has 0 unspecified atom stereocenters. The van der Waals surface area contributed by atoms with Crippen LogP contribution in [0.25, 0.3) is 0 Å². The lowest BCUT2D eigenvalue weighted by Crippen LogP contribution is -2.49. The average Bonchev–Trinajstić information content (AvgIpc) is 3.31. The molecule has 2 aliphatic heterocycles. The normalized spacial score (nSPS) is 22.6. The summed E-state index contributed by atoms with van der Waals surface area (Å²) in [7, 11) is 0. The van der Waals surface area contributed by atoms with Gasteiger partial charge in [-0.2, -0.15) is 0 Å². The third-order valence-corrected chi connectivity index (χ3v) is 5.02. The number of aromatic nitrogens is 3.